The van der Waals surface area contributed by atoms with Crippen LogP contribution in [-0.4, -0.2) is 42.0 Å². The van der Waals surface area contributed by atoms with Gasteiger partial charge in [0.05, 0.1) is 22.8 Å². The van der Waals surface area contributed by atoms with Gasteiger partial charge in [0.25, 0.3) is 0 Å². The van der Waals surface area contributed by atoms with Crippen LogP contribution in [0.1, 0.15) is 28.1 Å². The van der Waals surface area contributed by atoms with Crippen molar-refractivity contribution in [3.8, 4) is 5.69 Å². The Kier molecular flexibility index (Phi) is 6.62. The standard InChI is InChI=1S/C23H28N4O3S/c1-16-11-12-21(13-17(16)2)31(29,30)26(5)15-23(28)24-14-22-18(3)25-27(19(22)4)20-9-7-6-8-10-20/h6-13H,14-15H2,1-5H3,(H,24,28). The number of nitrogens with zero attached hydrogens (tertiary/aromatic N) is 3. The minimum atomic E-state index is -3.75. The molecule has 0 saturated heterocycles. The number of aryl methyl sites for hydroxylation is 3. The highest BCUT2D eigenvalue weighted by Gasteiger charge is 2.23. The van der Waals surface area contributed by atoms with Crippen molar-refractivity contribution in [2.75, 3.05) is 13.6 Å². The molecule has 1 heterocycles. The maximum absolute atomic E-state index is 12.8. The molecule has 0 aliphatic heterocycles. The highest BCUT2D eigenvalue weighted by molar-refractivity contribution is 7.89. The van der Waals surface area contributed by atoms with Crippen LogP contribution < -0.4 is 5.32 Å². The normalized spacial score (nSPS) is 11.7. The second kappa shape index (κ2) is 9.03. The van der Waals surface area contributed by atoms with Gasteiger partial charge in [-0.25, -0.2) is 13.1 Å². The fraction of sp³-hybridized carbons (Fsp3) is 0.304. The molecule has 1 aromatic heterocycles. The Labute approximate surface area is 183 Å². The molecule has 1 amide bonds. The minimum Gasteiger partial charge on any atom is -0.351 e. The number of sulfonamides is 1. The largest absolute Gasteiger partial charge is 0.351 e. The summed E-state index contributed by atoms with van der Waals surface area (Å²) in [5.74, 6) is -0.374. The molecule has 0 bridgehead atoms. The third-order valence-corrected chi connectivity index (χ3v) is 7.26. The van der Waals surface area contributed by atoms with Crippen molar-refractivity contribution < 1.29 is 13.2 Å². The predicted octanol–water partition coefficient (Wildman–Crippen LogP) is 3.04. The summed E-state index contributed by atoms with van der Waals surface area (Å²) in [6.45, 7) is 7.64. The molecule has 8 heteroatoms. The number of para-hydroxylation sites is 1. The summed E-state index contributed by atoms with van der Waals surface area (Å²) in [5.41, 5.74) is 5.51. The van der Waals surface area contributed by atoms with Crippen LogP contribution in [0.2, 0.25) is 0 Å². The Morgan fingerprint density at radius 3 is 2.35 bits per heavy atom. The lowest BCUT2D eigenvalue weighted by molar-refractivity contribution is -0.121. The number of nitrogens with one attached hydrogen (secondary N) is 1. The number of benzene rings is 2. The topological polar surface area (TPSA) is 84.3 Å². The molecule has 0 atom stereocenters. The van der Waals surface area contributed by atoms with E-state index in [1.807, 2.05) is 62.7 Å². The van der Waals surface area contributed by atoms with E-state index in [1.54, 1.807) is 18.2 Å². The maximum Gasteiger partial charge on any atom is 0.243 e. The molecule has 0 aliphatic carbocycles. The van der Waals surface area contributed by atoms with Crippen LogP contribution in [0.15, 0.2) is 53.4 Å². The fourth-order valence-electron chi connectivity index (χ4n) is 3.34. The van der Waals surface area contributed by atoms with E-state index in [0.29, 0.717) is 0 Å². The second-order valence-electron chi connectivity index (χ2n) is 7.68. The number of carbonyl (C=O) groups is 1. The number of hydrogen-bond donors (Lipinski definition) is 1. The first-order valence-corrected chi connectivity index (χ1v) is 11.5. The number of aromatic nitrogens is 2. The zero-order valence-electron chi connectivity index (χ0n) is 18.5. The molecule has 1 N–H and O–H groups in total. The van der Waals surface area contributed by atoms with Crippen molar-refractivity contribution >= 4 is 15.9 Å². The van der Waals surface area contributed by atoms with Gasteiger partial charge in [-0.3, -0.25) is 4.79 Å². The third kappa shape index (κ3) is 4.86. The summed E-state index contributed by atoms with van der Waals surface area (Å²) in [4.78, 5) is 12.7. The Hall–Kier alpha value is -2.97. The maximum atomic E-state index is 12.8. The smallest absolute Gasteiger partial charge is 0.243 e. The van der Waals surface area contributed by atoms with Crippen molar-refractivity contribution in [2.45, 2.75) is 39.1 Å². The molecule has 0 unspecified atom stereocenters. The Morgan fingerprint density at radius 1 is 1.03 bits per heavy atom. The zero-order chi connectivity index (χ0) is 22.8. The average Bonchev–Trinajstić information content (AvgIpc) is 3.02. The summed E-state index contributed by atoms with van der Waals surface area (Å²) in [6, 6.07) is 14.7. The van der Waals surface area contributed by atoms with Gasteiger partial charge in [-0.05, 0) is 63.1 Å². The van der Waals surface area contributed by atoms with E-state index in [0.717, 1.165) is 38.1 Å². The molecule has 0 spiro atoms. The average molecular weight is 441 g/mol. The fourth-order valence-corrected chi connectivity index (χ4v) is 4.55. The Balaban J connectivity index is 1.68. The van der Waals surface area contributed by atoms with E-state index in [1.165, 1.54) is 7.05 Å². The van der Waals surface area contributed by atoms with Crippen LogP contribution in [-0.2, 0) is 21.4 Å². The zero-order valence-corrected chi connectivity index (χ0v) is 19.3. The van der Waals surface area contributed by atoms with E-state index in [9.17, 15) is 13.2 Å². The van der Waals surface area contributed by atoms with Crippen LogP contribution in [0.25, 0.3) is 5.69 Å². The van der Waals surface area contributed by atoms with Gasteiger partial charge >= 0.3 is 0 Å². The van der Waals surface area contributed by atoms with Crippen LogP contribution in [0, 0.1) is 27.7 Å². The van der Waals surface area contributed by atoms with Crippen LogP contribution in [0.3, 0.4) is 0 Å². The molecular weight excluding hydrogens is 412 g/mol. The number of carbonyl (C=O) groups excluding carboxylic acids is 1. The van der Waals surface area contributed by atoms with E-state index >= 15 is 0 Å². The molecule has 0 radical (unpaired) electrons. The first kappa shape index (κ1) is 22.7. The summed E-state index contributed by atoms with van der Waals surface area (Å²) >= 11 is 0. The van der Waals surface area contributed by atoms with E-state index < -0.39 is 10.0 Å². The third-order valence-electron chi connectivity index (χ3n) is 5.46. The van der Waals surface area contributed by atoms with Crippen molar-refractivity contribution in [1.29, 1.82) is 0 Å². The van der Waals surface area contributed by atoms with Crippen LogP contribution in [0.4, 0.5) is 0 Å². The Bertz CT molecular complexity index is 1200. The van der Waals surface area contributed by atoms with E-state index in [2.05, 4.69) is 10.4 Å². The quantitative estimate of drug-likeness (QED) is 0.612. The second-order valence-corrected chi connectivity index (χ2v) is 9.73. The van der Waals surface area contributed by atoms with Crippen molar-refractivity contribution in [3.63, 3.8) is 0 Å². The van der Waals surface area contributed by atoms with Gasteiger partial charge in [0.1, 0.15) is 0 Å². The molecule has 0 fully saturated rings. The highest BCUT2D eigenvalue weighted by atomic mass is 32.2. The van der Waals surface area contributed by atoms with Gasteiger partial charge in [0.2, 0.25) is 15.9 Å². The molecule has 7 nitrogen and oxygen atoms in total. The van der Waals surface area contributed by atoms with Crippen molar-refractivity contribution in [3.05, 3.63) is 76.6 Å². The Morgan fingerprint density at radius 2 is 1.71 bits per heavy atom. The molecular formula is C23H28N4O3S. The summed E-state index contributed by atoms with van der Waals surface area (Å²) in [5, 5.41) is 7.39. The van der Waals surface area contributed by atoms with Crippen LogP contribution in [0.5, 0.6) is 0 Å². The number of hydrogen-bond acceptors (Lipinski definition) is 4. The van der Waals surface area contributed by atoms with Gasteiger partial charge < -0.3 is 5.32 Å². The van der Waals surface area contributed by atoms with Gasteiger partial charge in [0, 0.05) is 24.8 Å². The number of likely N-dealkylation sites (N-methyl/N-ethyl adjacent to an activating group) is 1. The monoisotopic (exact) mass is 440 g/mol. The number of rotatable bonds is 7. The van der Waals surface area contributed by atoms with E-state index in [-0.39, 0.29) is 23.9 Å². The van der Waals surface area contributed by atoms with Gasteiger partial charge in [0.15, 0.2) is 0 Å². The minimum absolute atomic E-state index is 0.182. The molecule has 31 heavy (non-hydrogen) atoms. The van der Waals surface area contributed by atoms with Gasteiger partial charge in [-0.1, -0.05) is 24.3 Å². The number of amides is 1. The van der Waals surface area contributed by atoms with Crippen molar-refractivity contribution in [2.24, 2.45) is 0 Å². The highest BCUT2D eigenvalue weighted by Crippen LogP contribution is 2.19. The molecule has 3 aromatic rings. The summed E-state index contributed by atoms with van der Waals surface area (Å²) in [7, 11) is -2.34. The lowest BCUT2D eigenvalue weighted by atomic mass is 10.1. The van der Waals surface area contributed by atoms with Crippen molar-refractivity contribution in [1.82, 2.24) is 19.4 Å². The van der Waals surface area contributed by atoms with E-state index in [4.69, 9.17) is 0 Å². The van der Waals surface area contributed by atoms with Crippen LogP contribution >= 0.6 is 0 Å². The molecule has 0 saturated carbocycles. The molecule has 3 rings (SSSR count). The first-order valence-electron chi connectivity index (χ1n) is 10.0. The molecule has 2 aromatic carbocycles. The first-order chi connectivity index (χ1) is 14.6. The lowest BCUT2D eigenvalue weighted by Crippen LogP contribution is -2.38. The predicted molar refractivity (Wildman–Crippen MR) is 121 cm³/mol. The van der Waals surface area contributed by atoms with Gasteiger partial charge in [-0.2, -0.15) is 9.40 Å². The molecule has 0 aliphatic rings. The lowest BCUT2D eigenvalue weighted by Gasteiger charge is -2.17. The SMILES string of the molecule is Cc1ccc(S(=O)(=O)N(C)CC(=O)NCc2c(C)nn(-c3ccccc3)c2C)cc1C. The van der Waals surface area contributed by atoms with Gasteiger partial charge in [-0.15, -0.1) is 0 Å². The molecule has 164 valence electrons. The summed E-state index contributed by atoms with van der Waals surface area (Å²) < 4.78 is 28.5. The summed E-state index contributed by atoms with van der Waals surface area (Å²) in [6.07, 6.45) is 0.